The highest BCUT2D eigenvalue weighted by molar-refractivity contribution is 5.97. The molecule has 0 fully saturated rings. The highest BCUT2D eigenvalue weighted by Crippen LogP contribution is 2.60. The second kappa shape index (κ2) is 12.7. The average Bonchev–Trinajstić information content (AvgIpc) is 3.39. The van der Waals surface area contributed by atoms with Crippen molar-refractivity contribution in [3.63, 3.8) is 0 Å². The van der Waals surface area contributed by atoms with E-state index in [9.17, 15) is 0 Å². The maximum atomic E-state index is 2.80. The molecular weight excluding hydrogens is 711 g/mol. The molecule has 0 N–H and O–H groups in total. The van der Waals surface area contributed by atoms with E-state index >= 15 is 0 Å². The molecule has 0 amide bonds. The third-order valence-corrected chi connectivity index (χ3v) is 16.6. The Morgan fingerprint density at radius 1 is 0.339 bits per heavy atom. The zero-order chi connectivity index (χ0) is 42.5. The largest absolute Gasteiger partial charge is 0.309 e. The van der Waals surface area contributed by atoms with Gasteiger partial charge in [-0.1, -0.05) is 152 Å². The van der Waals surface area contributed by atoms with Crippen LogP contribution in [0.4, 0.5) is 17.1 Å². The molecule has 9 rings (SSSR count). The molecule has 0 bridgehead atoms. The van der Waals surface area contributed by atoms with Crippen LogP contribution in [0.2, 0.25) is 0 Å². The summed E-state index contributed by atoms with van der Waals surface area (Å²) < 4.78 is 0. The molecular formula is C58H71N. The standard InChI is InChI=1S/C58H71N/c1-36-32-45-46(55(8,9)27-26-54(45,6)7)34-38(36)40-33-39-37-20-16-17-21-41(37)58(14,15)44(39)35-49(40)59(47-24-18-22-42-50(47)56(10,11)30-28-52(42,2)3)48-25-19-23-43-51(48)57(12,13)31-29-53(43,4)5/h16-25,32-35H,26-31H2,1-15H3. The van der Waals surface area contributed by atoms with Gasteiger partial charge in [0, 0.05) is 11.0 Å². The fraction of sp³-hybridized carbons (Fsp3) is 0.483. The molecule has 5 aromatic carbocycles. The fourth-order valence-corrected chi connectivity index (χ4v) is 12.3. The van der Waals surface area contributed by atoms with Crippen molar-refractivity contribution in [2.45, 2.75) is 180 Å². The number of anilines is 3. The average molecular weight is 782 g/mol. The maximum Gasteiger partial charge on any atom is 0.0543 e. The predicted octanol–water partition coefficient (Wildman–Crippen LogP) is 16.5. The van der Waals surface area contributed by atoms with E-state index in [0.29, 0.717) is 0 Å². The van der Waals surface area contributed by atoms with Crippen molar-refractivity contribution in [2.75, 3.05) is 4.90 Å². The monoisotopic (exact) mass is 782 g/mol. The topological polar surface area (TPSA) is 3.24 Å². The first-order valence-electron chi connectivity index (χ1n) is 22.9. The van der Waals surface area contributed by atoms with Crippen LogP contribution in [-0.2, 0) is 37.9 Å². The summed E-state index contributed by atoms with van der Waals surface area (Å²) in [5.74, 6) is 0. The molecule has 0 saturated heterocycles. The van der Waals surface area contributed by atoms with Crippen LogP contribution in [0.5, 0.6) is 0 Å². The van der Waals surface area contributed by atoms with E-state index in [1.165, 1.54) is 115 Å². The van der Waals surface area contributed by atoms with E-state index in [4.69, 9.17) is 0 Å². The molecule has 0 saturated carbocycles. The van der Waals surface area contributed by atoms with Crippen LogP contribution in [-0.4, -0.2) is 0 Å². The Labute approximate surface area is 358 Å². The number of rotatable bonds is 4. The van der Waals surface area contributed by atoms with Crippen LogP contribution in [0.25, 0.3) is 22.3 Å². The summed E-state index contributed by atoms with van der Waals surface area (Å²) in [6, 6.07) is 34.3. The summed E-state index contributed by atoms with van der Waals surface area (Å²) in [5.41, 5.74) is 23.1. The first-order chi connectivity index (χ1) is 27.4. The minimum atomic E-state index is -0.142. The van der Waals surface area contributed by atoms with Crippen molar-refractivity contribution < 1.29 is 0 Å². The molecule has 0 atom stereocenters. The van der Waals surface area contributed by atoms with E-state index < -0.39 is 0 Å². The molecule has 0 radical (unpaired) electrons. The van der Waals surface area contributed by atoms with Crippen molar-refractivity contribution in [1.29, 1.82) is 0 Å². The highest BCUT2D eigenvalue weighted by atomic mass is 15.2. The molecule has 308 valence electrons. The number of hydrogen-bond acceptors (Lipinski definition) is 1. The van der Waals surface area contributed by atoms with Crippen LogP contribution in [0.15, 0.2) is 84.9 Å². The van der Waals surface area contributed by atoms with Gasteiger partial charge < -0.3 is 4.90 Å². The van der Waals surface area contributed by atoms with Gasteiger partial charge >= 0.3 is 0 Å². The fourth-order valence-electron chi connectivity index (χ4n) is 12.3. The van der Waals surface area contributed by atoms with Crippen LogP contribution < -0.4 is 4.90 Å². The van der Waals surface area contributed by atoms with Crippen molar-refractivity contribution in [3.8, 4) is 22.3 Å². The van der Waals surface area contributed by atoms with Gasteiger partial charge in [0.1, 0.15) is 0 Å². The van der Waals surface area contributed by atoms with E-state index in [0.717, 1.165) is 12.8 Å². The third-order valence-electron chi connectivity index (χ3n) is 16.6. The Hall–Kier alpha value is -4.10. The van der Waals surface area contributed by atoms with Gasteiger partial charge in [-0.05, 0) is 175 Å². The van der Waals surface area contributed by atoms with Gasteiger partial charge in [0.2, 0.25) is 0 Å². The Morgan fingerprint density at radius 3 is 1.31 bits per heavy atom. The highest BCUT2D eigenvalue weighted by Gasteiger charge is 2.45. The van der Waals surface area contributed by atoms with E-state index in [1.807, 2.05) is 0 Å². The minimum Gasteiger partial charge on any atom is -0.309 e. The van der Waals surface area contributed by atoms with Crippen molar-refractivity contribution >= 4 is 17.1 Å². The maximum absolute atomic E-state index is 2.80. The molecule has 1 heteroatoms. The van der Waals surface area contributed by atoms with Crippen molar-refractivity contribution in [1.82, 2.24) is 0 Å². The lowest BCUT2D eigenvalue weighted by atomic mass is 9.61. The summed E-state index contributed by atoms with van der Waals surface area (Å²) in [6.45, 7) is 37.1. The van der Waals surface area contributed by atoms with Gasteiger partial charge in [-0.15, -0.1) is 0 Å². The zero-order valence-corrected chi connectivity index (χ0v) is 39.3. The molecule has 4 aliphatic carbocycles. The Kier molecular flexibility index (Phi) is 8.69. The molecule has 4 aliphatic rings. The second-order valence-electron chi connectivity index (χ2n) is 23.8. The number of hydrogen-bond donors (Lipinski definition) is 0. The van der Waals surface area contributed by atoms with Gasteiger partial charge in [-0.3, -0.25) is 0 Å². The van der Waals surface area contributed by atoms with Crippen molar-refractivity contribution in [3.05, 3.63) is 135 Å². The third kappa shape index (κ3) is 5.97. The quantitative estimate of drug-likeness (QED) is 0.176. The van der Waals surface area contributed by atoms with E-state index in [2.05, 4.69) is 194 Å². The molecule has 59 heavy (non-hydrogen) atoms. The number of nitrogens with zero attached hydrogens (tertiary/aromatic N) is 1. The smallest absolute Gasteiger partial charge is 0.0543 e. The molecule has 0 spiro atoms. The van der Waals surface area contributed by atoms with E-state index in [-0.39, 0.29) is 37.9 Å². The van der Waals surface area contributed by atoms with Gasteiger partial charge in [0.05, 0.1) is 17.1 Å². The Balaban J connectivity index is 1.46. The van der Waals surface area contributed by atoms with Crippen LogP contribution >= 0.6 is 0 Å². The summed E-state index contributed by atoms with van der Waals surface area (Å²) >= 11 is 0. The lowest BCUT2D eigenvalue weighted by molar-refractivity contribution is 0.331. The van der Waals surface area contributed by atoms with Gasteiger partial charge in [0.25, 0.3) is 0 Å². The zero-order valence-electron chi connectivity index (χ0n) is 39.3. The van der Waals surface area contributed by atoms with Gasteiger partial charge in [-0.2, -0.15) is 0 Å². The van der Waals surface area contributed by atoms with Crippen LogP contribution in [0, 0.1) is 6.92 Å². The first-order valence-corrected chi connectivity index (χ1v) is 22.9. The van der Waals surface area contributed by atoms with Gasteiger partial charge in [-0.25, -0.2) is 0 Å². The van der Waals surface area contributed by atoms with E-state index in [1.54, 1.807) is 0 Å². The van der Waals surface area contributed by atoms with Gasteiger partial charge in [0.15, 0.2) is 0 Å². The Morgan fingerprint density at radius 2 is 0.780 bits per heavy atom. The first kappa shape index (κ1) is 40.3. The molecule has 5 aromatic rings. The summed E-state index contributed by atoms with van der Waals surface area (Å²) in [4.78, 5) is 2.80. The minimum absolute atomic E-state index is 0.00701. The summed E-state index contributed by atoms with van der Waals surface area (Å²) in [6.07, 6.45) is 7.12. The number of aryl methyl sites for hydroxylation is 1. The second-order valence-corrected chi connectivity index (χ2v) is 23.8. The molecule has 0 aliphatic heterocycles. The summed E-state index contributed by atoms with van der Waals surface area (Å²) in [7, 11) is 0. The van der Waals surface area contributed by atoms with Crippen LogP contribution in [0.1, 0.15) is 186 Å². The normalized spacial score (nSPS) is 21.7. The van der Waals surface area contributed by atoms with Crippen LogP contribution in [0.3, 0.4) is 0 Å². The molecule has 0 unspecified atom stereocenters. The lowest BCUT2D eigenvalue weighted by Gasteiger charge is -2.47. The number of fused-ring (bicyclic) bond motifs is 6. The molecule has 1 nitrogen and oxygen atoms in total. The molecule has 0 heterocycles. The SMILES string of the molecule is Cc1cc2c(cc1-c1cc3c(cc1N(c1cccc4c1C(C)(C)CCC4(C)C)c1cccc4c1C(C)(C)CCC4(C)C)C(C)(C)c1ccccc1-3)C(C)(C)CCC2(C)C. The Bertz CT molecular complexity index is 2470. The number of benzene rings is 5. The lowest BCUT2D eigenvalue weighted by Crippen LogP contribution is -2.37. The van der Waals surface area contributed by atoms with Crippen molar-refractivity contribution in [2.24, 2.45) is 0 Å². The summed E-state index contributed by atoms with van der Waals surface area (Å²) in [5, 5.41) is 0. The predicted molar refractivity (Wildman–Crippen MR) is 255 cm³/mol. The molecule has 0 aromatic heterocycles.